The first-order valence-corrected chi connectivity index (χ1v) is 6.81. The lowest BCUT2D eigenvalue weighted by Crippen LogP contribution is -2.18. The van der Waals surface area contributed by atoms with Crippen molar-refractivity contribution in [2.24, 2.45) is 0 Å². The summed E-state index contributed by atoms with van der Waals surface area (Å²) in [5.41, 5.74) is 3.61. The predicted octanol–water partition coefficient (Wildman–Crippen LogP) is 2.33. The number of alkyl carbamates (subject to hydrolysis) is 1. The molecule has 1 aliphatic rings. The Labute approximate surface area is 128 Å². The van der Waals surface area contributed by atoms with Crippen LogP contribution in [0.2, 0.25) is 0 Å². The second-order valence-corrected chi connectivity index (χ2v) is 4.88. The lowest BCUT2D eigenvalue weighted by Gasteiger charge is -2.14. The number of rotatable bonds is 5. The van der Waals surface area contributed by atoms with Crippen LogP contribution in [0.5, 0.6) is 11.5 Å². The van der Waals surface area contributed by atoms with Crippen molar-refractivity contribution in [3.63, 3.8) is 0 Å². The first kappa shape index (κ1) is 15.7. The summed E-state index contributed by atoms with van der Waals surface area (Å²) in [6.07, 6.45) is 1.40. The first-order valence-electron chi connectivity index (χ1n) is 6.81. The molecule has 1 aliphatic heterocycles. The number of ether oxygens (including phenoxy) is 3. The summed E-state index contributed by atoms with van der Waals surface area (Å²) in [7, 11) is 1.58. The molecule has 1 fully saturated rings. The number of carbonyl (C=O) groups excluding carboxylic acids is 2. The Hall–Kier alpha value is -2.72. The van der Waals surface area contributed by atoms with Gasteiger partial charge in [-0.05, 0) is 44.0 Å². The Balaban J connectivity index is 2.12. The summed E-state index contributed by atoms with van der Waals surface area (Å²) in [5, 5.41) is 2.00. The maximum Gasteiger partial charge on any atom is 0.420 e. The second kappa shape index (κ2) is 6.83. The number of hydrogen-bond donors (Lipinski definition) is 1. The van der Waals surface area contributed by atoms with E-state index in [0.717, 1.165) is 5.56 Å². The number of methoxy groups -OCH3 is 1. The fourth-order valence-electron chi connectivity index (χ4n) is 1.86. The van der Waals surface area contributed by atoms with Crippen LogP contribution in [-0.2, 0) is 16.0 Å². The van der Waals surface area contributed by atoms with Gasteiger partial charge in [-0.3, -0.25) is 10.1 Å². The fourth-order valence-corrected chi connectivity index (χ4v) is 1.86. The highest BCUT2D eigenvalue weighted by molar-refractivity contribution is 6.07. The molecule has 0 aromatic heterocycles. The highest BCUT2D eigenvalue weighted by Crippen LogP contribution is 2.29. The van der Waals surface area contributed by atoms with Crippen LogP contribution in [0.3, 0.4) is 0 Å². The Bertz CT molecular complexity index is 657. The van der Waals surface area contributed by atoms with E-state index in [1.807, 2.05) is 37.4 Å². The summed E-state index contributed by atoms with van der Waals surface area (Å²) in [6.45, 7) is 3.88. The van der Waals surface area contributed by atoms with Gasteiger partial charge in [0.05, 0.1) is 13.2 Å². The molecule has 0 radical (unpaired) electrons. The zero-order valence-corrected chi connectivity index (χ0v) is 12.6. The van der Waals surface area contributed by atoms with Gasteiger partial charge in [-0.15, -0.1) is 0 Å². The number of amides is 2. The number of benzene rings is 1. The third-order valence-corrected chi connectivity index (χ3v) is 2.78. The standard InChI is InChI=1S/C16H17NO5/c1-10(2)21-12-8-7-11(9-14(12)20-3)5-4-6-13-15(18)17-16(19)22-13/h4,7-10H,5H2,1-3H3,(H,17,18,19). The molecule has 0 unspecified atom stereocenters. The summed E-state index contributed by atoms with van der Waals surface area (Å²) in [4.78, 5) is 22.1. The SMILES string of the molecule is COc1cc(CC=C=C2OC(=O)NC2=O)ccc1OC(C)C. The zero-order chi connectivity index (χ0) is 16.1. The van der Waals surface area contributed by atoms with E-state index in [9.17, 15) is 9.59 Å². The second-order valence-electron chi connectivity index (χ2n) is 4.88. The molecule has 0 spiro atoms. The van der Waals surface area contributed by atoms with Gasteiger partial charge in [-0.2, -0.15) is 0 Å². The van der Waals surface area contributed by atoms with Crippen LogP contribution in [-0.4, -0.2) is 25.2 Å². The molecule has 1 aromatic rings. The monoisotopic (exact) mass is 303 g/mol. The molecule has 0 saturated carbocycles. The van der Waals surface area contributed by atoms with Crippen molar-refractivity contribution >= 4 is 12.0 Å². The molecule has 2 rings (SSSR count). The summed E-state index contributed by atoms with van der Waals surface area (Å²) in [6, 6.07) is 5.57. The van der Waals surface area contributed by atoms with E-state index in [2.05, 4.69) is 10.5 Å². The van der Waals surface area contributed by atoms with Gasteiger partial charge in [0, 0.05) is 0 Å². The highest BCUT2D eigenvalue weighted by atomic mass is 16.6. The Morgan fingerprint density at radius 1 is 1.32 bits per heavy atom. The molecular formula is C16H17NO5. The fraction of sp³-hybridized carbons (Fsp3) is 0.312. The van der Waals surface area contributed by atoms with Crippen LogP contribution in [0, 0.1) is 0 Å². The minimum absolute atomic E-state index is 0.0555. The maximum atomic E-state index is 11.3. The van der Waals surface area contributed by atoms with Gasteiger partial charge < -0.3 is 14.2 Å². The quantitative estimate of drug-likeness (QED) is 0.667. The van der Waals surface area contributed by atoms with E-state index in [4.69, 9.17) is 9.47 Å². The van der Waals surface area contributed by atoms with Crippen LogP contribution in [0.25, 0.3) is 0 Å². The molecule has 1 N–H and O–H groups in total. The number of hydrogen-bond acceptors (Lipinski definition) is 5. The summed E-state index contributed by atoms with van der Waals surface area (Å²) < 4.78 is 15.6. The van der Waals surface area contributed by atoms with Crippen LogP contribution in [0.4, 0.5) is 4.79 Å². The van der Waals surface area contributed by atoms with E-state index < -0.39 is 12.0 Å². The molecular weight excluding hydrogens is 286 g/mol. The number of carbonyl (C=O) groups is 2. The molecule has 2 amide bonds. The molecule has 0 aliphatic carbocycles. The average molecular weight is 303 g/mol. The van der Waals surface area contributed by atoms with E-state index in [-0.39, 0.29) is 11.9 Å². The molecule has 1 heterocycles. The van der Waals surface area contributed by atoms with Crippen molar-refractivity contribution in [2.45, 2.75) is 26.4 Å². The smallest absolute Gasteiger partial charge is 0.420 e. The van der Waals surface area contributed by atoms with Gasteiger partial charge >= 0.3 is 12.0 Å². The maximum absolute atomic E-state index is 11.3. The zero-order valence-electron chi connectivity index (χ0n) is 12.6. The Morgan fingerprint density at radius 3 is 2.68 bits per heavy atom. The van der Waals surface area contributed by atoms with Gasteiger partial charge in [0.1, 0.15) is 0 Å². The van der Waals surface area contributed by atoms with Crippen molar-refractivity contribution in [1.29, 1.82) is 0 Å². The summed E-state index contributed by atoms with van der Waals surface area (Å²) >= 11 is 0. The van der Waals surface area contributed by atoms with Crippen molar-refractivity contribution in [3.8, 4) is 11.5 Å². The molecule has 116 valence electrons. The van der Waals surface area contributed by atoms with Gasteiger partial charge in [0.15, 0.2) is 11.5 Å². The lowest BCUT2D eigenvalue weighted by molar-refractivity contribution is -0.116. The molecule has 0 bridgehead atoms. The topological polar surface area (TPSA) is 73.9 Å². The van der Waals surface area contributed by atoms with Crippen LogP contribution in [0.1, 0.15) is 19.4 Å². The molecule has 6 nitrogen and oxygen atoms in total. The molecule has 1 aromatic carbocycles. The Morgan fingerprint density at radius 2 is 2.09 bits per heavy atom. The number of cyclic esters (lactones) is 1. The van der Waals surface area contributed by atoms with E-state index in [0.29, 0.717) is 17.9 Å². The van der Waals surface area contributed by atoms with Crippen molar-refractivity contribution in [2.75, 3.05) is 7.11 Å². The largest absolute Gasteiger partial charge is 0.493 e. The van der Waals surface area contributed by atoms with Crippen molar-refractivity contribution in [1.82, 2.24) is 5.32 Å². The molecule has 6 heteroatoms. The van der Waals surface area contributed by atoms with E-state index in [1.165, 1.54) is 0 Å². The minimum atomic E-state index is -0.780. The van der Waals surface area contributed by atoms with Crippen molar-refractivity contribution < 1.29 is 23.8 Å². The van der Waals surface area contributed by atoms with Crippen LogP contribution < -0.4 is 14.8 Å². The van der Waals surface area contributed by atoms with E-state index >= 15 is 0 Å². The molecule has 0 atom stereocenters. The van der Waals surface area contributed by atoms with Gasteiger partial charge in [0.2, 0.25) is 5.76 Å². The first-order chi connectivity index (χ1) is 10.5. The van der Waals surface area contributed by atoms with Gasteiger partial charge in [0.25, 0.3) is 0 Å². The van der Waals surface area contributed by atoms with E-state index in [1.54, 1.807) is 13.2 Å². The summed E-state index contributed by atoms with van der Waals surface area (Å²) in [5.74, 6) is 0.598. The van der Waals surface area contributed by atoms with Crippen LogP contribution >= 0.6 is 0 Å². The minimum Gasteiger partial charge on any atom is -0.493 e. The van der Waals surface area contributed by atoms with Gasteiger partial charge in [-0.25, -0.2) is 4.79 Å². The van der Waals surface area contributed by atoms with Crippen molar-refractivity contribution in [3.05, 3.63) is 41.3 Å². The third kappa shape index (κ3) is 3.90. The molecule has 1 saturated heterocycles. The van der Waals surface area contributed by atoms with Gasteiger partial charge in [-0.1, -0.05) is 11.8 Å². The lowest BCUT2D eigenvalue weighted by atomic mass is 10.1. The normalized spacial score (nSPS) is 13.5. The average Bonchev–Trinajstić information content (AvgIpc) is 2.78. The Kier molecular flexibility index (Phi) is 4.86. The highest BCUT2D eigenvalue weighted by Gasteiger charge is 2.25. The molecule has 22 heavy (non-hydrogen) atoms. The third-order valence-electron chi connectivity index (χ3n) is 2.78. The number of nitrogens with one attached hydrogen (secondary N) is 1. The van der Waals surface area contributed by atoms with Crippen LogP contribution in [0.15, 0.2) is 35.8 Å². The predicted molar refractivity (Wildman–Crippen MR) is 78.7 cm³/mol. The number of imide groups is 1.